The molecule has 36 heavy (non-hydrogen) atoms. The zero-order chi connectivity index (χ0) is 26.0. The largest absolute Gasteiger partial charge is 0.465 e. The topological polar surface area (TPSA) is 162 Å². The van der Waals surface area contributed by atoms with Crippen LogP contribution in [0.2, 0.25) is 5.02 Å². The summed E-state index contributed by atoms with van der Waals surface area (Å²) in [4.78, 5) is 27.3. The minimum atomic E-state index is -3.74. The van der Waals surface area contributed by atoms with Crippen LogP contribution >= 0.6 is 11.6 Å². The molecule has 1 aromatic carbocycles. The SMILES string of the molecule is CCS(=O)(=O)Nc1cc(Cl)cc(-c2[nH]c(C3CC3)nc2-c2ccnc(NCC(C)NC(=O)O)n2)c1F. The van der Waals surface area contributed by atoms with Gasteiger partial charge in [-0.25, -0.2) is 32.6 Å². The number of anilines is 2. The Bertz CT molecular complexity index is 1400. The van der Waals surface area contributed by atoms with Gasteiger partial charge < -0.3 is 20.7 Å². The number of nitrogens with zero attached hydrogens (tertiary/aromatic N) is 3. The Kier molecular flexibility index (Phi) is 7.31. The van der Waals surface area contributed by atoms with Crippen LogP contribution in [0.15, 0.2) is 24.4 Å². The number of aromatic nitrogens is 4. The lowest BCUT2D eigenvalue weighted by molar-refractivity contribution is 0.191. The van der Waals surface area contributed by atoms with Crippen LogP contribution in [0, 0.1) is 5.82 Å². The molecule has 1 amide bonds. The van der Waals surface area contributed by atoms with Crippen LogP contribution in [0.25, 0.3) is 22.6 Å². The monoisotopic (exact) mass is 537 g/mol. The maximum absolute atomic E-state index is 15.6. The number of amides is 1. The summed E-state index contributed by atoms with van der Waals surface area (Å²) in [6, 6.07) is 3.82. The number of H-pyrrole nitrogens is 1. The molecule has 1 atom stereocenters. The van der Waals surface area contributed by atoms with Crippen molar-refractivity contribution in [3.8, 4) is 22.6 Å². The van der Waals surface area contributed by atoms with E-state index in [2.05, 4.69) is 35.3 Å². The molecule has 0 bridgehead atoms. The van der Waals surface area contributed by atoms with Gasteiger partial charge >= 0.3 is 6.09 Å². The Labute approximate surface area is 212 Å². The van der Waals surface area contributed by atoms with E-state index >= 15 is 4.39 Å². The van der Waals surface area contributed by atoms with Gasteiger partial charge in [0.2, 0.25) is 16.0 Å². The van der Waals surface area contributed by atoms with Gasteiger partial charge in [-0.2, -0.15) is 0 Å². The molecular weight excluding hydrogens is 513 g/mol. The normalized spacial score (nSPS) is 14.3. The van der Waals surface area contributed by atoms with Gasteiger partial charge in [0.05, 0.1) is 22.8 Å². The van der Waals surface area contributed by atoms with E-state index < -0.39 is 28.0 Å². The van der Waals surface area contributed by atoms with E-state index in [9.17, 15) is 13.2 Å². The van der Waals surface area contributed by atoms with Crippen LogP contribution < -0.4 is 15.4 Å². The molecule has 1 aliphatic carbocycles. The van der Waals surface area contributed by atoms with Crippen LogP contribution in [0.4, 0.5) is 20.8 Å². The van der Waals surface area contributed by atoms with Gasteiger partial charge in [-0.15, -0.1) is 0 Å². The minimum absolute atomic E-state index is 0.0399. The zero-order valence-corrected chi connectivity index (χ0v) is 21.0. The highest BCUT2D eigenvalue weighted by molar-refractivity contribution is 7.92. The van der Waals surface area contributed by atoms with Crippen LogP contribution in [0.5, 0.6) is 0 Å². The number of hydrogen-bond donors (Lipinski definition) is 5. The summed E-state index contributed by atoms with van der Waals surface area (Å²) in [6.07, 6.45) is 2.25. The van der Waals surface area contributed by atoms with E-state index in [4.69, 9.17) is 16.7 Å². The maximum Gasteiger partial charge on any atom is 0.404 e. The van der Waals surface area contributed by atoms with Crippen molar-refractivity contribution in [2.45, 2.75) is 38.6 Å². The number of hydrogen-bond acceptors (Lipinski definition) is 7. The summed E-state index contributed by atoms with van der Waals surface area (Å²) >= 11 is 6.24. The first-order valence-electron chi connectivity index (χ1n) is 11.2. The molecular formula is C22H25ClFN7O4S. The lowest BCUT2D eigenvalue weighted by Gasteiger charge is -2.13. The molecule has 0 saturated heterocycles. The van der Waals surface area contributed by atoms with E-state index in [0.717, 1.165) is 12.8 Å². The van der Waals surface area contributed by atoms with Crippen molar-refractivity contribution in [3.05, 3.63) is 41.1 Å². The van der Waals surface area contributed by atoms with Gasteiger partial charge in [-0.1, -0.05) is 11.6 Å². The summed E-state index contributed by atoms with van der Waals surface area (Å²) in [7, 11) is -3.74. The van der Waals surface area contributed by atoms with E-state index in [-0.39, 0.29) is 40.4 Å². The molecule has 0 aliphatic heterocycles. The number of sulfonamides is 1. The molecule has 4 rings (SSSR count). The summed E-state index contributed by atoms with van der Waals surface area (Å²) in [5, 5.41) is 14.3. The molecule has 1 aliphatic rings. The molecule has 5 N–H and O–H groups in total. The second-order valence-electron chi connectivity index (χ2n) is 8.44. The third-order valence-electron chi connectivity index (χ3n) is 5.47. The molecule has 3 aromatic rings. The second-order valence-corrected chi connectivity index (χ2v) is 10.9. The summed E-state index contributed by atoms with van der Waals surface area (Å²) in [5.74, 6) is 0.0796. The third-order valence-corrected chi connectivity index (χ3v) is 6.98. The number of nitrogens with one attached hydrogen (secondary N) is 4. The predicted octanol–water partition coefficient (Wildman–Crippen LogP) is 4.03. The maximum atomic E-state index is 15.6. The zero-order valence-electron chi connectivity index (χ0n) is 19.5. The first kappa shape index (κ1) is 25.6. The predicted molar refractivity (Wildman–Crippen MR) is 134 cm³/mol. The second kappa shape index (κ2) is 10.3. The minimum Gasteiger partial charge on any atom is -0.465 e. The summed E-state index contributed by atoms with van der Waals surface area (Å²) in [6.45, 7) is 3.37. The number of rotatable bonds is 10. The summed E-state index contributed by atoms with van der Waals surface area (Å²) in [5.41, 5.74) is 0.819. The van der Waals surface area contributed by atoms with Crippen molar-refractivity contribution in [1.29, 1.82) is 0 Å². The Hall–Kier alpha value is -3.45. The highest BCUT2D eigenvalue weighted by atomic mass is 35.5. The van der Waals surface area contributed by atoms with Crippen molar-refractivity contribution in [2.75, 3.05) is 22.3 Å². The van der Waals surface area contributed by atoms with Crippen molar-refractivity contribution in [3.63, 3.8) is 0 Å². The van der Waals surface area contributed by atoms with Gasteiger partial charge in [0.25, 0.3) is 0 Å². The fraction of sp³-hybridized carbons (Fsp3) is 0.364. The van der Waals surface area contributed by atoms with Gasteiger partial charge in [0.1, 0.15) is 11.5 Å². The molecule has 0 radical (unpaired) electrons. The molecule has 1 fully saturated rings. The van der Waals surface area contributed by atoms with Gasteiger partial charge in [-0.3, -0.25) is 4.72 Å². The Morgan fingerprint density at radius 3 is 2.75 bits per heavy atom. The van der Waals surface area contributed by atoms with Crippen LogP contribution in [0.1, 0.15) is 38.4 Å². The number of imidazole rings is 1. The van der Waals surface area contributed by atoms with Crippen LogP contribution in [-0.4, -0.2) is 57.9 Å². The first-order valence-corrected chi connectivity index (χ1v) is 13.3. The number of benzene rings is 1. The first-order chi connectivity index (χ1) is 17.1. The smallest absolute Gasteiger partial charge is 0.404 e. The fourth-order valence-electron chi connectivity index (χ4n) is 3.49. The standard InChI is InChI=1S/C22H25ClFN7O4S/c1-3-36(34,35)31-16-9-13(23)8-14(17(16)24)18-19(30-20(29-18)12-4-5-12)15-6-7-25-21(28-15)26-10-11(2)27-22(32)33/h6-9,11-12,27,31H,3-5,10H2,1-2H3,(H,29,30)(H,32,33)(H,25,26,28). The Morgan fingerprint density at radius 2 is 2.08 bits per heavy atom. The van der Waals surface area contributed by atoms with Crippen molar-refractivity contribution in [2.24, 2.45) is 0 Å². The summed E-state index contributed by atoms with van der Waals surface area (Å²) < 4.78 is 42.0. The molecule has 11 nitrogen and oxygen atoms in total. The molecule has 14 heteroatoms. The average Bonchev–Trinajstić information content (AvgIpc) is 3.58. The molecule has 192 valence electrons. The number of aromatic amines is 1. The highest BCUT2D eigenvalue weighted by Crippen LogP contribution is 2.43. The van der Waals surface area contributed by atoms with Crippen LogP contribution in [0.3, 0.4) is 0 Å². The van der Waals surface area contributed by atoms with Gasteiger partial charge in [0, 0.05) is 35.3 Å². The van der Waals surface area contributed by atoms with Gasteiger partial charge in [-0.05, 0) is 44.9 Å². The molecule has 1 unspecified atom stereocenters. The number of halogens is 2. The fourth-order valence-corrected chi connectivity index (χ4v) is 4.34. The van der Waals surface area contributed by atoms with Crippen molar-refractivity contribution in [1.82, 2.24) is 25.3 Å². The average molecular weight is 538 g/mol. The molecule has 2 heterocycles. The van der Waals surface area contributed by atoms with E-state index in [0.29, 0.717) is 22.9 Å². The lowest BCUT2D eigenvalue weighted by atomic mass is 10.1. The molecule has 0 spiro atoms. The number of carbonyl (C=O) groups is 1. The molecule has 1 saturated carbocycles. The van der Waals surface area contributed by atoms with Crippen molar-refractivity contribution < 1.29 is 22.7 Å². The van der Waals surface area contributed by atoms with E-state index in [1.165, 1.54) is 25.3 Å². The van der Waals surface area contributed by atoms with Crippen molar-refractivity contribution >= 4 is 39.4 Å². The van der Waals surface area contributed by atoms with E-state index in [1.54, 1.807) is 13.0 Å². The quantitative estimate of drug-likeness (QED) is 0.259. The van der Waals surface area contributed by atoms with Crippen LogP contribution in [-0.2, 0) is 10.0 Å². The number of carboxylic acid groups (broad SMARTS) is 1. The molecule has 2 aromatic heterocycles. The highest BCUT2D eigenvalue weighted by Gasteiger charge is 2.30. The third kappa shape index (κ3) is 6.02. The lowest BCUT2D eigenvalue weighted by Crippen LogP contribution is -2.36. The van der Waals surface area contributed by atoms with Gasteiger partial charge in [0.15, 0.2) is 5.82 Å². The van der Waals surface area contributed by atoms with E-state index in [1.807, 2.05) is 0 Å². The Morgan fingerprint density at radius 1 is 1.33 bits per heavy atom. The Balaban J connectivity index is 1.73.